The number of rotatable bonds is 5. The first-order valence-electron chi connectivity index (χ1n) is 8.80. The normalized spacial score (nSPS) is 15.5. The van der Waals surface area contributed by atoms with E-state index in [1.807, 2.05) is 38.2 Å². The van der Waals surface area contributed by atoms with Crippen LogP contribution in [0.25, 0.3) is 0 Å². The molecule has 2 aromatic rings. The average Bonchev–Trinajstić information content (AvgIpc) is 2.67. The first-order chi connectivity index (χ1) is 12.9. The van der Waals surface area contributed by atoms with Gasteiger partial charge in [0, 0.05) is 18.6 Å². The van der Waals surface area contributed by atoms with Gasteiger partial charge in [-0.1, -0.05) is 11.6 Å². The Kier molecular flexibility index (Phi) is 5.80. The maximum absolute atomic E-state index is 12.9. The Hall–Kier alpha value is -2.40. The molecule has 1 heterocycles. The molecule has 3 rings (SSSR count). The van der Waals surface area contributed by atoms with Crippen molar-refractivity contribution >= 4 is 17.5 Å². The molecule has 0 aromatic heterocycles. The summed E-state index contributed by atoms with van der Waals surface area (Å²) in [6, 6.07) is 9.37. The van der Waals surface area contributed by atoms with Gasteiger partial charge in [-0.25, -0.2) is 0 Å². The van der Waals surface area contributed by atoms with E-state index in [0.29, 0.717) is 36.1 Å². The Bertz CT molecular complexity index is 852. The number of hydrogen-bond acceptors (Lipinski definition) is 4. The monoisotopic (exact) mass is 389 g/mol. The maximum atomic E-state index is 12.9. The Labute approximate surface area is 164 Å². The van der Waals surface area contributed by atoms with E-state index in [9.17, 15) is 4.79 Å². The van der Waals surface area contributed by atoms with Crippen molar-refractivity contribution in [3.63, 3.8) is 0 Å². The lowest BCUT2D eigenvalue weighted by molar-refractivity contribution is -0.136. The number of ether oxygens (including phenoxy) is 3. The van der Waals surface area contributed by atoms with E-state index in [1.54, 1.807) is 25.2 Å². The minimum absolute atomic E-state index is 0.0508. The summed E-state index contributed by atoms with van der Waals surface area (Å²) in [5, 5.41) is 0.653. The standard InChI is InChI=1S/C21H24ClNO4/c1-13-7-19(25-3)20(26-4)10-15(13)11-23(2)21(24)16-8-14-9-17(22)5-6-18(14)27-12-16/h5-7,9-10,16H,8,11-12H2,1-4H3. The topological polar surface area (TPSA) is 48.0 Å². The van der Waals surface area contributed by atoms with Crippen molar-refractivity contribution in [2.45, 2.75) is 19.9 Å². The number of carbonyl (C=O) groups is 1. The summed E-state index contributed by atoms with van der Waals surface area (Å²) in [4.78, 5) is 14.7. The Balaban J connectivity index is 1.73. The first kappa shape index (κ1) is 19.4. The third-order valence-corrected chi connectivity index (χ3v) is 5.14. The maximum Gasteiger partial charge on any atom is 0.229 e. The second-order valence-corrected chi connectivity index (χ2v) is 7.23. The van der Waals surface area contributed by atoms with E-state index in [-0.39, 0.29) is 11.8 Å². The minimum atomic E-state index is -0.221. The first-order valence-corrected chi connectivity index (χ1v) is 9.18. The van der Waals surface area contributed by atoms with Gasteiger partial charge in [0.25, 0.3) is 0 Å². The van der Waals surface area contributed by atoms with Gasteiger partial charge in [0.15, 0.2) is 11.5 Å². The predicted octanol–water partition coefficient (Wildman–Crippen LogP) is 3.88. The molecule has 27 heavy (non-hydrogen) atoms. The Morgan fingerprint density at radius 2 is 1.93 bits per heavy atom. The van der Waals surface area contributed by atoms with E-state index in [1.165, 1.54) is 0 Å². The van der Waals surface area contributed by atoms with Gasteiger partial charge in [-0.05, 0) is 60.4 Å². The third-order valence-electron chi connectivity index (χ3n) is 4.90. The van der Waals surface area contributed by atoms with E-state index in [4.69, 9.17) is 25.8 Å². The molecule has 0 fully saturated rings. The van der Waals surface area contributed by atoms with Crippen molar-refractivity contribution < 1.29 is 19.0 Å². The summed E-state index contributed by atoms with van der Waals surface area (Å²) in [5.74, 6) is 1.98. The van der Waals surface area contributed by atoms with Crippen LogP contribution in [0.5, 0.6) is 17.2 Å². The van der Waals surface area contributed by atoms with Crippen molar-refractivity contribution in [3.05, 3.63) is 52.0 Å². The number of benzene rings is 2. The van der Waals surface area contributed by atoms with Gasteiger partial charge in [0.2, 0.25) is 5.91 Å². The molecule has 1 amide bonds. The largest absolute Gasteiger partial charge is 0.493 e. The molecule has 1 aliphatic heterocycles. The lowest BCUT2D eigenvalue weighted by Gasteiger charge is -2.29. The lowest BCUT2D eigenvalue weighted by Crippen LogP contribution is -2.38. The molecule has 5 nitrogen and oxygen atoms in total. The number of carbonyl (C=O) groups excluding carboxylic acids is 1. The van der Waals surface area contributed by atoms with Crippen LogP contribution in [0, 0.1) is 12.8 Å². The Morgan fingerprint density at radius 3 is 2.63 bits per heavy atom. The zero-order chi connectivity index (χ0) is 19.6. The van der Waals surface area contributed by atoms with Crippen molar-refractivity contribution in [3.8, 4) is 17.2 Å². The molecule has 1 atom stereocenters. The molecule has 0 saturated heterocycles. The van der Waals surface area contributed by atoms with E-state index in [0.717, 1.165) is 22.4 Å². The molecule has 0 radical (unpaired) electrons. The van der Waals surface area contributed by atoms with Crippen LogP contribution < -0.4 is 14.2 Å². The molecule has 0 saturated carbocycles. The summed E-state index contributed by atoms with van der Waals surface area (Å²) in [5.41, 5.74) is 3.04. The molecular weight excluding hydrogens is 366 g/mol. The van der Waals surface area contributed by atoms with Crippen LogP contribution in [0.1, 0.15) is 16.7 Å². The van der Waals surface area contributed by atoms with Crippen molar-refractivity contribution in [1.82, 2.24) is 4.90 Å². The average molecular weight is 390 g/mol. The minimum Gasteiger partial charge on any atom is -0.493 e. The zero-order valence-electron chi connectivity index (χ0n) is 16.0. The van der Waals surface area contributed by atoms with Crippen LogP contribution >= 0.6 is 11.6 Å². The highest BCUT2D eigenvalue weighted by atomic mass is 35.5. The van der Waals surface area contributed by atoms with Gasteiger partial charge in [0.05, 0.1) is 20.1 Å². The molecule has 0 N–H and O–H groups in total. The lowest BCUT2D eigenvalue weighted by atomic mass is 9.95. The summed E-state index contributed by atoms with van der Waals surface area (Å²) in [6.45, 7) is 2.87. The number of hydrogen-bond donors (Lipinski definition) is 0. The number of methoxy groups -OCH3 is 2. The summed E-state index contributed by atoms with van der Waals surface area (Å²) < 4.78 is 16.5. The molecule has 0 spiro atoms. The third kappa shape index (κ3) is 4.14. The van der Waals surface area contributed by atoms with Gasteiger partial charge >= 0.3 is 0 Å². The van der Waals surface area contributed by atoms with Gasteiger partial charge in [0.1, 0.15) is 12.4 Å². The highest BCUT2D eigenvalue weighted by molar-refractivity contribution is 6.30. The van der Waals surface area contributed by atoms with Crippen LogP contribution in [0.15, 0.2) is 30.3 Å². The summed E-state index contributed by atoms with van der Waals surface area (Å²) in [7, 11) is 5.03. The fraction of sp³-hybridized carbons (Fsp3) is 0.381. The highest BCUT2D eigenvalue weighted by Gasteiger charge is 2.28. The van der Waals surface area contributed by atoms with E-state index in [2.05, 4.69) is 0 Å². The SMILES string of the molecule is COc1cc(C)c(CN(C)C(=O)C2COc3ccc(Cl)cc3C2)cc1OC. The number of aryl methyl sites for hydroxylation is 1. The second-order valence-electron chi connectivity index (χ2n) is 6.79. The zero-order valence-corrected chi connectivity index (χ0v) is 16.8. The van der Waals surface area contributed by atoms with Crippen molar-refractivity contribution in [1.29, 1.82) is 0 Å². The molecule has 144 valence electrons. The Morgan fingerprint density at radius 1 is 1.22 bits per heavy atom. The fourth-order valence-corrected chi connectivity index (χ4v) is 3.55. The van der Waals surface area contributed by atoms with Crippen LogP contribution in [0.2, 0.25) is 5.02 Å². The molecule has 0 aliphatic carbocycles. The van der Waals surface area contributed by atoms with Gasteiger partial charge in [-0.2, -0.15) is 0 Å². The second kappa shape index (κ2) is 8.09. The summed E-state index contributed by atoms with van der Waals surface area (Å²) >= 11 is 6.07. The van der Waals surface area contributed by atoms with Crippen LogP contribution in [-0.4, -0.2) is 38.7 Å². The molecule has 2 aromatic carbocycles. The highest BCUT2D eigenvalue weighted by Crippen LogP contribution is 2.32. The molecule has 0 bridgehead atoms. The fourth-order valence-electron chi connectivity index (χ4n) is 3.36. The molecular formula is C21H24ClNO4. The van der Waals surface area contributed by atoms with Crippen LogP contribution in [-0.2, 0) is 17.8 Å². The number of fused-ring (bicyclic) bond motifs is 1. The summed E-state index contributed by atoms with van der Waals surface area (Å²) in [6.07, 6.45) is 0.629. The predicted molar refractivity (Wildman–Crippen MR) is 105 cm³/mol. The smallest absolute Gasteiger partial charge is 0.229 e. The van der Waals surface area contributed by atoms with Crippen LogP contribution in [0.3, 0.4) is 0 Å². The van der Waals surface area contributed by atoms with Gasteiger partial charge in [-0.15, -0.1) is 0 Å². The van der Waals surface area contributed by atoms with E-state index >= 15 is 0 Å². The van der Waals surface area contributed by atoms with Crippen LogP contribution in [0.4, 0.5) is 0 Å². The van der Waals surface area contributed by atoms with Gasteiger partial charge in [-0.3, -0.25) is 4.79 Å². The van der Waals surface area contributed by atoms with Crippen molar-refractivity contribution in [2.24, 2.45) is 5.92 Å². The number of halogens is 1. The molecule has 6 heteroatoms. The van der Waals surface area contributed by atoms with E-state index < -0.39 is 0 Å². The molecule has 1 unspecified atom stereocenters. The quantitative estimate of drug-likeness (QED) is 0.778. The number of nitrogens with zero attached hydrogens (tertiary/aromatic N) is 1. The number of amides is 1. The molecule has 1 aliphatic rings. The van der Waals surface area contributed by atoms with Gasteiger partial charge < -0.3 is 19.1 Å². The van der Waals surface area contributed by atoms with Crippen molar-refractivity contribution in [2.75, 3.05) is 27.9 Å².